The maximum absolute atomic E-state index is 11.5. The van der Waals surface area contributed by atoms with Crippen LogP contribution in [-0.4, -0.2) is 30.9 Å². The molecule has 1 atom stereocenters. The van der Waals surface area contributed by atoms with E-state index in [0.717, 1.165) is 23.6 Å². The molecule has 1 amide bonds. The van der Waals surface area contributed by atoms with Crippen LogP contribution in [0.2, 0.25) is 0 Å². The number of furan rings is 1. The fraction of sp³-hybridized carbons (Fsp3) is 0.389. The number of hydrogen-bond acceptors (Lipinski definition) is 3. The van der Waals surface area contributed by atoms with Crippen molar-refractivity contribution in [3.63, 3.8) is 0 Å². The van der Waals surface area contributed by atoms with E-state index in [0.29, 0.717) is 6.42 Å². The van der Waals surface area contributed by atoms with Crippen LogP contribution in [0, 0.1) is 6.92 Å². The van der Waals surface area contributed by atoms with Crippen molar-refractivity contribution in [1.82, 2.24) is 10.2 Å². The lowest BCUT2D eigenvalue weighted by Gasteiger charge is -2.25. The first-order chi connectivity index (χ1) is 10.5. The SMILES string of the molecule is CNC(=O)CC(C)N(C)Cc1ccccc1-c1ccc(C)o1. The third kappa shape index (κ3) is 3.98. The number of amides is 1. The van der Waals surface area contributed by atoms with Crippen LogP contribution in [0.1, 0.15) is 24.7 Å². The molecule has 0 aliphatic heterocycles. The molecule has 0 saturated carbocycles. The minimum absolute atomic E-state index is 0.0642. The molecule has 1 aromatic carbocycles. The summed E-state index contributed by atoms with van der Waals surface area (Å²) in [7, 11) is 3.71. The molecule has 0 radical (unpaired) electrons. The van der Waals surface area contributed by atoms with Gasteiger partial charge in [-0.15, -0.1) is 0 Å². The van der Waals surface area contributed by atoms with Crippen molar-refractivity contribution in [3.8, 4) is 11.3 Å². The van der Waals surface area contributed by atoms with E-state index in [1.54, 1.807) is 7.05 Å². The van der Waals surface area contributed by atoms with Crippen LogP contribution in [0.25, 0.3) is 11.3 Å². The van der Waals surface area contributed by atoms with Gasteiger partial charge in [0, 0.05) is 31.6 Å². The van der Waals surface area contributed by atoms with Crippen LogP contribution in [-0.2, 0) is 11.3 Å². The molecule has 4 heteroatoms. The highest BCUT2D eigenvalue weighted by molar-refractivity contribution is 5.76. The van der Waals surface area contributed by atoms with Crippen LogP contribution in [0.3, 0.4) is 0 Å². The molecular weight excluding hydrogens is 276 g/mol. The van der Waals surface area contributed by atoms with Crippen molar-refractivity contribution in [2.24, 2.45) is 0 Å². The second-order valence-electron chi connectivity index (χ2n) is 5.71. The fourth-order valence-corrected chi connectivity index (χ4v) is 2.43. The van der Waals surface area contributed by atoms with E-state index in [9.17, 15) is 4.79 Å². The zero-order chi connectivity index (χ0) is 16.1. The Kier molecular flexibility index (Phi) is 5.39. The Hall–Kier alpha value is -2.07. The molecule has 0 spiro atoms. The van der Waals surface area contributed by atoms with Gasteiger partial charge in [0.2, 0.25) is 5.91 Å². The van der Waals surface area contributed by atoms with Gasteiger partial charge in [0.1, 0.15) is 11.5 Å². The van der Waals surface area contributed by atoms with Gasteiger partial charge in [-0.25, -0.2) is 0 Å². The maximum atomic E-state index is 11.5. The molecule has 1 heterocycles. The van der Waals surface area contributed by atoms with E-state index < -0.39 is 0 Å². The van der Waals surface area contributed by atoms with Crippen molar-refractivity contribution in [2.45, 2.75) is 32.9 Å². The van der Waals surface area contributed by atoms with Gasteiger partial charge in [0.25, 0.3) is 0 Å². The average Bonchev–Trinajstić information content (AvgIpc) is 2.93. The number of aryl methyl sites for hydroxylation is 1. The number of hydrogen-bond donors (Lipinski definition) is 1. The lowest BCUT2D eigenvalue weighted by molar-refractivity contribution is -0.121. The molecule has 0 aliphatic rings. The summed E-state index contributed by atoms with van der Waals surface area (Å²) in [5.41, 5.74) is 2.30. The molecule has 0 aliphatic carbocycles. The third-order valence-electron chi connectivity index (χ3n) is 3.96. The van der Waals surface area contributed by atoms with Gasteiger partial charge in [-0.1, -0.05) is 24.3 Å². The second kappa shape index (κ2) is 7.27. The van der Waals surface area contributed by atoms with Gasteiger partial charge < -0.3 is 9.73 Å². The van der Waals surface area contributed by atoms with E-state index in [4.69, 9.17) is 4.42 Å². The second-order valence-corrected chi connectivity index (χ2v) is 5.71. The minimum atomic E-state index is 0.0642. The zero-order valence-corrected chi connectivity index (χ0v) is 13.7. The first kappa shape index (κ1) is 16.3. The highest BCUT2D eigenvalue weighted by Gasteiger charge is 2.16. The van der Waals surface area contributed by atoms with E-state index >= 15 is 0 Å². The van der Waals surface area contributed by atoms with Crippen molar-refractivity contribution in [3.05, 3.63) is 47.7 Å². The molecule has 4 nitrogen and oxygen atoms in total. The van der Waals surface area contributed by atoms with Crippen LogP contribution < -0.4 is 5.32 Å². The molecule has 1 N–H and O–H groups in total. The Morgan fingerprint density at radius 1 is 1.27 bits per heavy atom. The smallest absolute Gasteiger partial charge is 0.221 e. The van der Waals surface area contributed by atoms with E-state index in [2.05, 4.69) is 29.3 Å². The average molecular weight is 300 g/mol. The third-order valence-corrected chi connectivity index (χ3v) is 3.96. The van der Waals surface area contributed by atoms with Gasteiger partial charge in [-0.2, -0.15) is 0 Å². The molecule has 22 heavy (non-hydrogen) atoms. The van der Waals surface area contributed by atoms with Crippen molar-refractivity contribution in [1.29, 1.82) is 0 Å². The Morgan fingerprint density at radius 2 is 2.00 bits per heavy atom. The summed E-state index contributed by atoms with van der Waals surface area (Å²) in [5.74, 6) is 1.86. The molecule has 0 bridgehead atoms. The van der Waals surface area contributed by atoms with Crippen LogP contribution in [0.4, 0.5) is 0 Å². The normalized spacial score (nSPS) is 12.4. The summed E-state index contributed by atoms with van der Waals surface area (Å²) < 4.78 is 5.75. The van der Waals surface area contributed by atoms with Gasteiger partial charge in [0.05, 0.1) is 0 Å². The summed E-state index contributed by atoms with van der Waals surface area (Å²) in [6, 6.07) is 12.4. The van der Waals surface area contributed by atoms with Gasteiger partial charge in [-0.3, -0.25) is 9.69 Å². The summed E-state index contributed by atoms with van der Waals surface area (Å²) in [4.78, 5) is 13.7. The number of carbonyl (C=O) groups is 1. The number of carbonyl (C=O) groups excluding carboxylic acids is 1. The standard InChI is InChI=1S/C18H24N2O2/c1-13(11-18(21)19-3)20(4)12-15-7-5-6-8-16(15)17-10-9-14(2)22-17/h5-10,13H,11-12H2,1-4H3,(H,19,21). The Labute approximate surface area is 132 Å². The van der Waals surface area contributed by atoms with Crippen molar-refractivity contribution in [2.75, 3.05) is 14.1 Å². The molecule has 2 rings (SSSR count). The predicted molar refractivity (Wildman–Crippen MR) is 88.5 cm³/mol. The summed E-state index contributed by atoms with van der Waals surface area (Å²) in [6.45, 7) is 4.78. The quantitative estimate of drug-likeness (QED) is 0.891. The largest absolute Gasteiger partial charge is 0.461 e. The molecule has 0 fully saturated rings. The van der Waals surface area contributed by atoms with Crippen LogP contribution in [0.15, 0.2) is 40.8 Å². The lowest BCUT2D eigenvalue weighted by atomic mass is 10.0. The Bertz CT molecular complexity index is 634. The van der Waals surface area contributed by atoms with Crippen molar-refractivity contribution < 1.29 is 9.21 Å². The number of benzene rings is 1. The Morgan fingerprint density at radius 3 is 2.64 bits per heavy atom. The number of nitrogens with one attached hydrogen (secondary N) is 1. The monoisotopic (exact) mass is 300 g/mol. The maximum Gasteiger partial charge on any atom is 0.221 e. The van der Waals surface area contributed by atoms with Crippen molar-refractivity contribution >= 4 is 5.91 Å². The molecule has 1 aromatic heterocycles. The van der Waals surface area contributed by atoms with E-state index in [1.807, 2.05) is 38.2 Å². The lowest BCUT2D eigenvalue weighted by Crippen LogP contribution is -2.33. The Balaban J connectivity index is 2.14. The number of nitrogens with zero attached hydrogens (tertiary/aromatic N) is 1. The van der Waals surface area contributed by atoms with Gasteiger partial charge in [0.15, 0.2) is 0 Å². The topological polar surface area (TPSA) is 45.5 Å². The fourth-order valence-electron chi connectivity index (χ4n) is 2.43. The molecular formula is C18H24N2O2. The van der Waals surface area contributed by atoms with Gasteiger partial charge in [-0.05, 0) is 38.6 Å². The molecule has 1 unspecified atom stereocenters. The minimum Gasteiger partial charge on any atom is -0.461 e. The molecule has 0 saturated heterocycles. The van der Waals surface area contributed by atoms with Crippen LogP contribution in [0.5, 0.6) is 0 Å². The van der Waals surface area contributed by atoms with E-state index in [-0.39, 0.29) is 11.9 Å². The summed E-state index contributed by atoms with van der Waals surface area (Å²) >= 11 is 0. The highest BCUT2D eigenvalue weighted by atomic mass is 16.3. The summed E-state index contributed by atoms with van der Waals surface area (Å²) in [6.07, 6.45) is 0.495. The zero-order valence-electron chi connectivity index (χ0n) is 13.7. The molecule has 118 valence electrons. The van der Waals surface area contributed by atoms with E-state index in [1.165, 1.54) is 5.56 Å². The van der Waals surface area contributed by atoms with Crippen LogP contribution >= 0.6 is 0 Å². The first-order valence-corrected chi connectivity index (χ1v) is 7.56. The molecule has 2 aromatic rings. The summed E-state index contributed by atoms with van der Waals surface area (Å²) in [5, 5.41) is 2.67. The number of rotatable bonds is 6. The predicted octanol–water partition coefficient (Wildman–Crippen LogP) is 3.21. The first-order valence-electron chi connectivity index (χ1n) is 7.56. The van der Waals surface area contributed by atoms with Gasteiger partial charge >= 0.3 is 0 Å². The highest BCUT2D eigenvalue weighted by Crippen LogP contribution is 2.26.